The number of thioether (sulfide) groups is 1. The maximum Gasteiger partial charge on any atom is 0.471 e. The predicted molar refractivity (Wildman–Crippen MR) is 70.7 cm³/mol. The highest BCUT2D eigenvalue weighted by atomic mass is 32.2. The zero-order chi connectivity index (χ0) is 15.6. The highest BCUT2D eigenvalue weighted by Gasteiger charge is 2.51. The van der Waals surface area contributed by atoms with E-state index in [0.29, 0.717) is 4.90 Å². The number of rotatable bonds is 3. The molecule has 4 nitrogen and oxygen atoms in total. The summed E-state index contributed by atoms with van der Waals surface area (Å²) in [7, 11) is 0. The third-order valence-corrected chi connectivity index (χ3v) is 4.39. The average molecular weight is 319 g/mol. The summed E-state index contributed by atoms with van der Waals surface area (Å²) in [6.45, 7) is 0. The number of amides is 1. The lowest BCUT2D eigenvalue weighted by molar-refractivity contribution is -0.189. The fourth-order valence-electron chi connectivity index (χ4n) is 2.15. The molecule has 1 amide bonds. The molecule has 21 heavy (non-hydrogen) atoms. The number of carbonyl (C=O) groups is 2. The molecule has 1 heterocycles. The largest absolute Gasteiger partial charge is 0.480 e. The van der Waals surface area contributed by atoms with Crippen molar-refractivity contribution in [2.75, 3.05) is 5.75 Å². The molecule has 1 aromatic carbocycles. The van der Waals surface area contributed by atoms with Crippen molar-refractivity contribution in [2.45, 2.75) is 24.0 Å². The third-order valence-electron chi connectivity index (χ3n) is 3.11. The Balaban J connectivity index is 2.23. The first-order valence-corrected chi connectivity index (χ1v) is 7.13. The molecular formula is C13H12F3NO3S. The van der Waals surface area contributed by atoms with Gasteiger partial charge >= 0.3 is 18.1 Å². The third kappa shape index (κ3) is 3.49. The smallest absolute Gasteiger partial charge is 0.471 e. The molecule has 0 aromatic heterocycles. The Morgan fingerprint density at radius 2 is 1.90 bits per heavy atom. The number of nitrogens with zero attached hydrogens (tertiary/aromatic N) is 1. The zero-order valence-electron chi connectivity index (χ0n) is 10.7. The summed E-state index contributed by atoms with van der Waals surface area (Å²) in [5.41, 5.74) is 0.751. The molecule has 2 unspecified atom stereocenters. The monoisotopic (exact) mass is 319 g/mol. The van der Waals surface area contributed by atoms with E-state index in [1.54, 1.807) is 30.3 Å². The Kier molecular flexibility index (Phi) is 4.46. The van der Waals surface area contributed by atoms with Gasteiger partial charge in [-0.25, -0.2) is 4.79 Å². The van der Waals surface area contributed by atoms with Crippen molar-refractivity contribution < 1.29 is 27.9 Å². The summed E-state index contributed by atoms with van der Waals surface area (Å²) in [4.78, 5) is 23.0. The van der Waals surface area contributed by atoms with Crippen molar-refractivity contribution in [3.8, 4) is 0 Å². The maximum absolute atomic E-state index is 12.7. The summed E-state index contributed by atoms with van der Waals surface area (Å²) >= 11 is 1.05. The van der Waals surface area contributed by atoms with Crippen LogP contribution in [0.5, 0.6) is 0 Å². The fraction of sp³-hybridized carbons (Fsp3) is 0.385. The van der Waals surface area contributed by atoms with Crippen LogP contribution in [0.15, 0.2) is 30.3 Å². The van der Waals surface area contributed by atoms with Crippen LogP contribution in [0.1, 0.15) is 5.56 Å². The predicted octanol–water partition coefficient (Wildman–Crippen LogP) is 2.15. The number of halogens is 3. The summed E-state index contributed by atoms with van der Waals surface area (Å²) in [5, 5.41) is 8.18. The molecule has 1 fully saturated rings. The second kappa shape index (κ2) is 5.97. The summed E-state index contributed by atoms with van der Waals surface area (Å²) in [6, 6.07) is 7.25. The minimum atomic E-state index is -5.08. The van der Waals surface area contributed by atoms with Gasteiger partial charge in [0.25, 0.3) is 0 Å². The van der Waals surface area contributed by atoms with E-state index in [0.717, 1.165) is 17.3 Å². The minimum Gasteiger partial charge on any atom is -0.480 e. The van der Waals surface area contributed by atoms with E-state index in [4.69, 9.17) is 5.11 Å². The summed E-state index contributed by atoms with van der Waals surface area (Å²) in [5.74, 6) is -3.56. The van der Waals surface area contributed by atoms with Crippen molar-refractivity contribution in [2.24, 2.45) is 0 Å². The van der Waals surface area contributed by atoms with Crippen LogP contribution in [0, 0.1) is 0 Å². The second-order valence-corrected chi connectivity index (χ2v) is 5.75. The van der Waals surface area contributed by atoms with Crippen LogP contribution in [-0.2, 0) is 16.0 Å². The zero-order valence-corrected chi connectivity index (χ0v) is 11.5. The highest BCUT2D eigenvalue weighted by molar-refractivity contribution is 8.00. The van der Waals surface area contributed by atoms with Crippen molar-refractivity contribution in [3.63, 3.8) is 0 Å². The second-order valence-electron chi connectivity index (χ2n) is 4.54. The van der Waals surface area contributed by atoms with Gasteiger partial charge < -0.3 is 10.0 Å². The van der Waals surface area contributed by atoms with E-state index in [-0.39, 0.29) is 12.2 Å². The topological polar surface area (TPSA) is 57.6 Å². The van der Waals surface area contributed by atoms with Gasteiger partial charge in [-0.15, -0.1) is 11.8 Å². The van der Waals surface area contributed by atoms with Gasteiger partial charge in [0.1, 0.15) is 6.04 Å². The molecule has 0 bridgehead atoms. The molecule has 8 heteroatoms. The SMILES string of the molecule is O=C(O)C1CSC(Cc2ccccc2)N1C(=O)C(F)(F)F. The molecule has 114 valence electrons. The van der Waals surface area contributed by atoms with Gasteiger partial charge in [-0.05, 0) is 5.56 Å². The van der Waals surface area contributed by atoms with Crippen LogP contribution >= 0.6 is 11.8 Å². The van der Waals surface area contributed by atoms with E-state index in [1.165, 1.54) is 0 Å². The number of carboxylic acids is 1. The quantitative estimate of drug-likeness (QED) is 0.927. The van der Waals surface area contributed by atoms with Gasteiger partial charge in [0, 0.05) is 12.2 Å². The van der Waals surface area contributed by atoms with Gasteiger partial charge in [-0.2, -0.15) is 13.2 Å². The normalized spacial score (nSPS) is 22.3. The van der Waals surface area contributed by atoms with Crippen LogP contribution in [0.2, 0.25) is 0 Å². The molecule has 2 atom stereocenters. The number of carbonyl (C=O) groups excluding carboxylic acids is 1. The van der Waals surface area contributed by atoms with Gasteiger partial charge in [0.15, 0.2) is 0 Å². The van der Waals surface area contributed by atoms with Crippen molar-refractivity contribution in [1.82, 2.24) is 4.90 Å². The molecule has 0 spiro atoms. The average Bonchev–Trinajstić information content (AvgIpc) is 2.81. The maximum atomic E-state index is 12.7. The number of alkyl halides is 3. The number of hydrogen-bond donors (Lipinski definition) is 1. The Labute approximate surface area is 122 Å². The van der Waals surface area contributed by atoms with Crippen LogP contribution in [-0.4, -0.2) is 45.2 Å². The Bertz CT molecular complexity index is 535. The summed E-state index contributed by atoms with van der Waals surface area (Å²) in [6.07, 6.45) is -4.90. The highest BCUT2D eigenvalue weighted by Crippen LogP contribution is 2.35. The first-order valence-electron chi connectivity index (χ1n) is 6.08. The molecule has 1 aliphatic rings. The van der Waals surface area contributed by atoms with E-state index in [1.807, 2.05) is 0 Å². The van der Waals surface area contributed by atoms with Crippen molar-refractivity contribution in [1.29, 1.82) is 0 Å². The molecule has 1 saturated heterocycles. The van der Waals surface area contributed by atoms with Crippen molar-refractivity contribution >= 4 is 23.6 Å². The standard InChI is InChI=1S/C13H12F3NO3S/c14-13(15,16)12(20)17-9(11(18)19)7-21-10(17)6-8-4-2-1-3-5-8/h1-5,9-10H,6-7H2,(H,18,19). The molecular weight excluding hydrogens is 307 g/mol. The number of hydrogen-bond acceptors (Lipinski definition) is 3. The van der Waals surface area contributed by atoms with Crippen LogP contribution in [0.3, 0.4) is 0 Å². The van der Waals surface area contributed by atoms with E-state index >= 15 is 0 Å². The van der Waals surface area contributed by atoms with E-state index < -0.39 is 29.5 Å². The van der Waals surface area contributed by atoms with Crippen molar-refractivity contribution in [3.05, 3.63) is 35.9 Å². The lowest BCUT2D eigenvalue weighted by Crippen LogP contribution is -2.51. The molecule has 0 aliphatic carbocycles. The number of carboxylic acid groups (broad SMARTS) is 1. The Morgan fingerprint density at radius 3 is 2.43 bits per heavy atom. The molecule has 1 N–H and O–H groups in total. The Hall–Kier alpha value is -1.70. The van der Waals surface area contributed by atoms with Gasteiger partial charge in [-0.1, -0.05) is 30.3 Å². The van der Waals surface area contributed by atoms with Gasteiger partial charge in [0.2, 0.25) is 0 Å². The van der Waals surface area contributed by atoms with E-state index in [9.17, 15) is 22.8 Å². The van der Waals surface area contributed by atoms with Crippen LogP contribution in [0.25, 0.3) is 0 Å². The molecule has 0 saturated carbocycles. The molecule has 1 aromatic rings. The van der Waals surface area contributed by atoms with Crippen LogP contribution < -0.4 is 0 Å². The first-order chi connectivity index (χ1) is 9.80. The molecule has 2 rings (SSSR count). The van der Waals surface area contributed by atoms with Gasteiger partial charge in [0.05, 0.1) is 5.37 Å². The minimum absolute atomic E-state index is 0.0470. The Morgan fingerprint density at radius 1 is 1.29 bits per heavy atom. The molecule has 0 radical (unpaired) electrons. The van der Waals surface area contributed by atoms with Crippen LogP contribution in [0.4, 0.5) is 13.2 Å². The van der Waals surface area contributed by atoms with Gasteiger partial charge in [-0.3, -0.25) is 4.79 Å². The van der Waals surface area contributed by atoms with E-state index in [2.05, 4.69) is 0 Å². The number of benzene rings is 1. The number of aliphatic carboxylic acids is 1. The fourth-order valence-corrected chi connectivity index (χ4v) is 3.57. The summed E-state index contributed by atoms with van der Waals surface area (Å²) < 4.78 is 38.0. The lowest BCUT2D eigenvalue weighted by Gasteiger charge is -2.28. The molecule has 1 aliphatic heterocycles. The lowest BCUT2D eigenvalue weighted by atomic mass is 10.1. The first kappa shape index (κ1) is 15.7.